The number of rotatable bonds is 7. The number of aromatic nitrogens is 3. The number of anilines is 3. The lowest BCUT2D eigenvalue weighted by molar-refractivity contribution is -0.111. The van der Waals surface area contributed by atoms with Gasteiger partial charge in [-0.2, -0.15) is 0 Å². The molecule has 4 aromatic rings. The number of halogens is 1. The Morgan fingerprint density at radius 1 is 1.20 bits per heavy atom. The van der Waals surface area contributed by atoms with Gasteiger partial charge in [-0.3, -0.25) is 14.7 Å². The maximum Gasteiger partial charge on any atom is 0.247 e. The fourth-order valence-corrected chi connectivity index (χ4v) is 4.10. The van der Waals surface area contributed by atoms with Crippen LogP contribution in [0.15, 0.2) is 73.7 Å². The van der Waals surface area contributed by atoms with Crippen molar-refractivity contribution >= 4 is 45.7 Å². The van der Waals surface area contributed by atoms with Crippen molar-refractivity contribution in [2.24, 2.45) is 0 Å². The van der Waals surface area contributed by atoms with E-state index in [9.17, 15) is 4.79 Å². The van der Waals surface area contributed by atoms with Gasteiger partial charge in [-0.05, 0) is 37.4 Å². The fraction of sp³-hybridized carbons (Fsp3) is 0.154. The molecule has 0 radical (unpaired) electrons. The van der Waals surface area contributed by atoms with E-state index < -0.39 is 0 Å². The highest BCUT2D eigenvalue weighted by Gasteiger charge is 2.26. The molecule has 0 aliphatic carbocycles. The summed E-state index contributed by atoms with van der Waals surface area (Å²) in [5, 5.41) is 7.49. The number of para-hydroxylation sites is 1. The van der Waals surface area contributed by atoms with Crippen LogP contribution in [0.4, 0.5) is 17.3 Å². The van der Waals surface area contributed by atoms with Gasteiger partial charge in [0.2, 0.25) is 11.9 Å². The molecule has 1 aliphatic rings. The third kappa shape index (κ3) is 5.08. The van der Waals surface area contributed by atoms with Gasteiger partial charge in [-0.25, -0.2) is 9.97 Å². The quantitative estimate of drug-likeness (QED) is 0.359. The van der Waals surface area contributed by atoms with E-state index in [0.717, 1.165) is 35.1 Å². The molecular weight excluding hydrogens is 464 g/mol. The molecule has 8 nitrogen and oxygen atoms in total. The number of hydrogen-bond acceptors (Lipinski definition) is 7. The van der Waals surface area contributed by atoms with Crippen molar-refractivity contribution in [2.45, 2.75) is 6.10 Å². The summed E-state index contributed by atoms with van der Waals surface area (Å²) in [7, 11) is 2.03. The molecule has 2 N–H and O–H groups in total. The van der Waals surface area contributed by atoms with Crippen molar-refractivity contribution in [3.05, 3.63) is 78.7 Å². The first kappa shape index (κ1) is 22.8. The molecule has 1 saturated heterocycles. The first-order chi connectivity index (χ1) is 17.0. The predicted octanol–water partition coefficient (Wildman–Crippen LogP) is 4.91. The zero-order chi connectivity index (χ0) is 24.4. The van der Waals surface area contributed by atoms with Gasteiger partial charge in [-0.1, -0.05) is 36.4 Å². The van der Waals surface area contributed by atoms with Crippen molar-refractivity contribution < 1.29 is 9.53 Å². The Kier molecular flexibility index (Phi) is 6.31. The van der Waals surface area contributed by atoms with Crippen LogP contribution >= 0.6 is 11.6 Å². The average molecular weight is 487 g/mol. The van der Waals surface area contributed by atoms with E-state index in [4.69, 9.17) is 21.3 Å². The SMILES string of the molecule is C=CC(=O)Nc1cc(Nc2ncc3cccc(-c4cncc(Cl)c4)c3n2)ccc1OC1CN(C)C1. The van der Waals surface area contributed by atoms with E-state index in [0.29, 0.717) is 28.1 Å². The van der Waals surface area contributed by atoms with Crippen LogP contribution in [0.25, 0.3) is 22.0 Å². The number of pyridine rings is 1. The predicted molar refractivity (Wildman–Crippen MR) is 138 cm³/mol. The van der Waals surface area contributed by atoms with Gasteiger partial charge in [0.15, 0.2) is 0 Å². The number of ether oxygens (including phenoxy) is 1. The van der Waals surface area contributed by atoms with Crippen molar-refractivity contribution in [1.82, 2.24) is 19.9 Å². The largest absolute Gasteiger partial charge is 0.486 e. The summed E-state index contributed by atoms with van der Waals surface area (Å²) in [5.41, 5.74) is 3.77. The van der Waals surface area contributed by atoms with Crippen LogP contribution in [0.5, 0.6) is 5.75 Å². The van der Waals surface area contributed by atoms with Gasteiger partial charge in [0.05, 0.1) is 16.2 Å². The van der Waals surface area contributed by atoms with Crippen LogP contribution in [-0.4, -0.2) is 52.0 Å². The van der Waals surface area contributed by atoms with E-state index in [1.165, 1.54) is 6.08 Å². The minimum Gasteiger partial charge on any atom is -0.486 e. The van der Waals surface area contributed by atoms with E-state index in [-0.39, 0.29) is 12.0 Å². The number of nitrogens with one attached hydrogen (secondary N) is 2. The second kappa shape index (κ2) is 9.69. The molecule has 35 heavy (non-hydrogen) atoms. The fourth-order valence-electron chi connectivity index (χ4n) is 3.93. The molecular formula is C26H23ClN6O2. The molecule has 2 aromatic heterocycles. The van der Waals surface area contributed by atoms with Gasteiger partial charge < -0.3 is 15.4 Å². The maximum absolute atomic E-state index is 12.0. The molecule has 5 rings (SSSR count). The number of hydrogen-bond donors (Lipinski definition) is 2. The summed E-state index contributed by atoms with van der Waals surface area (Å²) < 4.78 is 6.07. The Morgan fingerprint density at radius 2 is 2.06 bits per heavy atom. The summed E-state index contributed by atoms with van der Waals surface area (Å²) >= 11 is 6.15. The Balaban J connectivity index is 1.45. The molecule has 2 aromatic carbocycles. The number of carbonyl (C=O) groups excluding carboxylic acids is 1. The van der Waals surface area contributed by atoms with E-state index in [1.807, 2.05) is 43.4 Å². The van der Waals surface area contributed by atoms with Gasteiger partial charge in [0, 0.05) is 53.9 Å². The molecule has 176 valence electrons. The number of likely N-dealkylation sites (N-methyl/N-ethyl adjacent to an activating group) is 1. The Morgan fingerprint density at radius 3 is 2.83 bits per heavy atom. The van der Waals surface area contributed by atoms with Crippen LogP contribution in [0, 0.1) is 0 Å². The Bertz CT molecular complexity index is 1420. The molecule has 9 heteroatoms. The maximum atomic E-state index is 12.0. The van der Waals surface area contributed by atoms with Crippen molar-refractivity contribution in [1.29, 1.82) is 0 Å². The minimum absolute atomic E-state index is 0.0846. The van der Waals surface area contributed by atoms with Gasteiger partial charge in [-0.15, -0.1) is 0 Å². The van der Waals surface area contributed by atoms with Crippen LogP contribution < -0.4 is 15.4 Å². The third-order valence-electron chi connectivity index (χ3n) is 5.63. The molecule has 1 fully saturated rings. The van der Waals surface area contributed by atoms with Crippen LogP contribution in [0.2, 0.25) is 5.02 Å². The Labute approximate surface area is 207 Å². The lowest BCUT2D eigenvalue weighted by Crippen LogP contribution is -2.51. The van der Waals surface area contributed by atoms with Gasteiger partial charge in [0.25, 0.3) is 0 Å². The standard InChI is InChI=1S/C26H23ClN6O2/c1-3-24(34)31-22-10-19(7-8-23(22)35-20-14-33(2)15-20)30-26-29-12-16-5-4-6-21(25(16)32-26)17-9-18(27)13-28-11-17/h3-13,20H,1,14-15H2,2H3,(H,31,34)(H,29,30,32). The number of amides is 1. The molecule has 3 heterocycles. The number of likely N-dealkylation sites (tertiary alicyclic amines) is 1. The molecule has 0 unspecified atom stereocenters. The van der Waals surface area contributed by atoms with E-state index >= 15 is 0 Å². The van der Waals surface area contributed by atoms with E-state index in [1.54, 1.807) is 24.7 Å². The first-order valence-electron chi connectivity index (χ1n) is 11.0. The minimum atomic E-state index is -0.320. The van der Waals surface area contributed by atoms with Gasteiger partial charge in [0.1, 0.15) is 11.9 Å². The average Bonchev–Trinajstić information content (AvgIpc) is 2.84. The highest BCUT2D eigenvalue weighted by molar-refractivity contribution is 6.30. The smallest absolute Gasteiger partial charge is 0.247 e. The summed E-state index contributed by atoms with van der Waals surface area (Å²) in [6, 6.07) is 13.2. The second-order valence-corrected chi connectivity index (χ2v) is 8.76. The highest BCUT2D eigenvalue weighted by Crippen LogP contribution is 2.32. The second-order valence-electron chi connectivity index (χ2n) is 8.32. The normalized spacial score (nSPS) is 13.8. The summed E-state index contributed by atoms with van der Waals surface area (Å²) in [6.07, 6.45) is 6.42. The number of benzene rings is 2. The third-order valence-corrected chi connectivity index (χ3v) is 5.84. The summed E-state index contributed by atoms with van der Waals surface area (Å²) in [4.78, 5) is 27.6. The zero-order valence-corrected chi connectivity index (χ0v) is 19.8. The lowest BCUT2D eigenvalue weighted by atomic mass is 10.0. The summed E-state index contributed by atoms with van der Waals surface area (Å²) in [5.74, 6) is 0.689. The molecule has 0 saturated carbocycles. The number of carbonyl (C=O) groups is 1. The van der Waals surface area contributed by atoms with Crippen molar-refractivity contribution in [3.63, 3.8) is 0 Å². The molecule has 0 atom stereocenters. The first-order valence-corrected chi connectivity index (χ1v) is 11.4. The van der Waals surface area contributed by atoms with Crippen LogP contribution in [0.3, 0.4) is 0 Å². The number of fused-ring (bicyclic) bond motifs is 1. The highest BCUT2D eigenvalue weighted by atomic mass is 35.5. The molecule has 0 bridgehead atoms. The van der Waals surface area contributed by atoms with Crippen LogP contribution in [-0.2, 0) is 4.79 Å². The Hall–Kier alpha value is -4.01. The van der Waals surface area contributed by atoms with Crippen molar-refractivity contribution in [2.75, 3.05) is 30.8 Å². The topological polar surface area (TPSA) is 92.3 Å². The molecule has 0 spiro atoms. The zero-order valence-electron chi connectivity index (χ0n) is 19.0. The monoisotopic (exact) mass is 486 g/mol. The van der Waals surface area contributed by atoms with Gasteiger partial charge >= 0.3 is 0 Å². The summed E-state index contributed by atoms with van der Waals surface area (Å²) in [6.45, 7) is 5.21. The molecule has 1 amide bonds. The van der Waals surface area contributed by atoms with Crippen molar-refractivity contribution in [3.8, 4) is 16.9 Å². The van der Waals surface area contributed by atoms with E-state index in [2.05, 4.69) is 32.1 Å². The van der Waals surface area contributed by atoms with Crippen LogP contribution in [0.1, 0.15) is 0 Å². The number of nitrogens with zero attached hydrogens (tertiary/aromatic N) is 4. The lowest BCUT2D eigenvalue weighted by Gasteiger charge is -2.36. The molecule has 1 aliphatic heterocycles.